The van der Waals surface area contributed by atoms with Gasteiger partial charge in [-0.3, -0.25) is 19.7 Å². The molecule has 0 aromatic heterocycles. The molecular formula is C20H14N2O6. The Morgan fingerprint density at radius 2 is 1.68 bits per heavy atom. The molecule has 1 heterocycles. The summed E-state index contributed by atoms with van der Waals surface area (Å²) < 4.78 is 5.57. The number of hydrogen-bond acceptors (Lipinski definition) is 7. The van der Waals surface area contributed by atoms with Crippen molar-refractivity contribution >= 4 is 17.3 Å². The summed E-state index contributed by atoms with van der Waals surface area (Å²) in [4.78, 5) is 36.7. The maximum atomic E-state index is 12.9. The molecule has 0 fully saturated rings. The third kappa shape index (κ3) is 2.38. The van der Waals surface area contributed by atoms with Crippen molar-refractivity contribution in [1.29, 1.82) is 0 Å². The van der Waals surface area contributed by atoms with Gasteiger partial charge in [-0.1, -0.05) is 42.5 Å². The summed E-state index contributed by atoms with van der Waals surface area (Å²) in [6, 6.07) is 12.6. The lowest BCUT2D eigenvalue weighted by Crippen LogP contribution is -2.33. The van der Waals surface area contributed by atoms with Crippen molar-refractivity contribution in [2.75, 3.05) is 7.05 Å². The van der Waals surface area contributed by atoms with Crippen LogP contribution in [0.4, 0.5) is 0 Å². The zero-order valence-corrected chi connectivity index (χ0v) is 14.6. The molecule has 4 rings (SSSR count). The smallest absolute Gasteiger partial charge is 0.317 e. The second kappa shape index (κ2) is 6.34. The second-order valence-corrected chi connectivity index (χ2v) is 6.26. The van der Waals surface area contributed by atoms with E-state index in [2.05, 4.69) is 5.32 Å². The Morgan fingerprint density at radius 3 is 2.36 bits per heavy atom. The summed E-state index contributed by atoms with van der Waals surface area (Å²) in [6.07, 6.45) is 0. The van der Waals surface area contributed by atoms with Gasteiger partial charge in [-0.25, -0.2) is 0 Å². The van der Waals surface area contributed by atoms with E-state index in [-0.39, 0.29) is 22.6 Å². The highest BCUT2D eigenvalue weighted by molar-refractivity contribution is 6.52. The first-order valence-electron chi connectivity index (χ1n) is 8.40. The molecule has 8 nitrogen and oxygen atoms in total. The highest BCUT2D eigenvalue weighted by Crippen LogP contribution is 2.46. The van der Waals surface area contributed by atoms with Gasteiger partial charge < -0.3 is 15.2 Å². The number of rotatable bonds is 3. The molecule has 0 bridgehead atoms. The van der Waals surface area contributed by atoms with Crippen molar-refractivity contribution in [1.82, 2.24) is 5.32 Å². The number of benzene rings is 2. The number of carbonyl (C=O) groups excluding carboxylic acids is 2. The zero-order chi connectivity index (χ0) is 20.0. The van der Waals surface area contributed by atoms with Gasteiger partial charge >= 0.3 is 5.70 Å². The number of fused-ring (bicyclic) bond motifs is 2. The van der Waals surface area contributed by atoms with Crippen LogP contribution in [0.15, 0.2) is 65.7 Å². The number of Topliss-reactive ketones (excluding diaryl/α,β-unsaturated/α-hetero) is 2. The van der Waals surface area contributed by atoms with Crippen molar-refractivity contribution in [2.24, 2.45) is 0 Å². The van der Waals surface area contributed by atoms with Crippen LogP contribution in [0.25, 0.3) is 5.76 Å². The number of ketones is 2. The molecule has 0 radical (unpaired) electrons. The molecule has 2 aromatic rings. The van der Waals surface area contributed by atoms with Crippen molar-refractivity contribution in [3.8, 4) is 5.75 Å². The van der Waals surface area contributed by atoms with Gasteiger partial charge in [-0.15, -0.1) is 0 Å². The lowest BCUT2D eigenvalue weighted by Gasteiger charge is -2.28. The molecule has 0 amide bonds. The lowest BCUT2D eigenvalue weighted by molar-refractivity contribution is -0.432. The Morgan fingerprint density at radius 1 is 1.04 bits per heavy atom. The molecule has 1 atom stereocenters. The third-order valence-corrected chi connectivity index (χ3v) is 4.79. The molecular weight excluding hydrogens is 364 g/mol. The molecule has 28 heavy (non-hydrogen) atoms. The highest BCUT2D eigenvalue weighted by Gasteiger charge is 2.47. The van der Waals surface area contributed by atoms with Crippen LogP contribution in [0, 0.1) is 10.1 Å². The molecule has 2 aliphatic rings. The summed E-state index contributed by atoms with van der Waals surface area (Å²) >= 11 is 0. The molecule has 0 spiro atoms. The van der Waals surface area contributed by atoms with Gasteiger partial charge in [0, 0.05) is 23.7 Å². The number of allylic oxidation sites excluding steroid dienone is 1. The van der Waals surface area contributed by atoms with Gasteiger partial charge in [0.1, 0.15) is 17.4 Å². The van der Waals surface area contributed by atoms with E-state index in [0.717, 1.165) is 0 Å². The van der Waals surface area contributed by atoms with Gasteiger partial charge in [0.2, 0.25) is 11.6 Å². The minimum atomic E-state index is -1.27. The number of hydrogen-bond donors (Lipinski definition) is 2. The van der Waals surface area contributed by atoms with E-state index in [0.29, 0.717) is 11.3 Å². The van der Waals surface area contributed by atoms with E-state index in [4.69, 9.17) is 4.74 Å². The fraction of sp³-hybridized carbons (Fsp3) is 0.100. The van der Waals surface area contributed by atoms with E-state index in [1.165, 1.54) is 19.2 Å². The number of nitrogens with one attached hydrogen (secondary N) is 1. The normalized spacial score (nSPS) is 18.4. The Kier molecular flexibility index (Phi) is 3.96. The molecule has 0 saturated carbocycles. The number of para-hydroxylation sites is 1. The number of aliphatic hydroxyl groups is 1. The summed E-state index contributed by atoms with van der Waals surface area (Å²) in [5.41, 5.74) is -0.244. The van der Waals surface area contributed by atoms with Gasteiger partial charge in [-0.2, -0.15) is 0 Å². The van der Waals surface area contributed by atoms with E-state index in [1.54, 1.807) is 36.4 Å². The third-order valence-electron chi connectivity index (χ3n) is 4.79. The van der Waals surface area contributed by atoms with E-state index in [1.807, 2.05) is 0 Å². The van der Waals surface area contributed by atoms with Crippen LogP contribution in [0.2, 0.25) is 0 Å². The zero-order valence-electron chi connectivity index (χ0n) is 14.6. The first-order valence-corrected chi connectivity index (χ1v) is 8.40. The highest BCUT2D eigenvalue weighted by atomic mass is 16.6. The van der Waals surface area contributed by atoms with Gasteiger partial charge in [0.05, 0.1) is 10.5 Å². The largest absolute Gasteiger partial charge is 0.507 e. The minimum absolute atomic E-state index is 0.0644. The monoisotopic (exact) mass is 378 g/mol. The topological polar surface area (TPSA) is 119 Å². The Bertz CT molecular complexity index is 1120. The number of aliphatic hydroxyl groups excluding tert-OH is 1. The molecule has 1 unspecified atom stereocenters. The maximum absolute atomic E-state index is 12.9. The van der Waals surface area contributed by atoms with Gasteiger partial charge in [0.25, 0.3) is 5.88 Å². The standard InChI is InChI=1S/C20H14N2O6/c1-21-20-16(22(26)27)14(12-8-4-5-9-13(12)28-20)15-17(23)10-6-2-3-7-11(10)18(24)19(15)25/h2-9,14,21,23H,1H3. The van der Waals surface area contributed by atoms with Crippen LogP contribution in [0.3, 0.4) is 0 Å². The maximum Gasteiger partial charge on any atom is 0.317 e. The average molecular weight is 378 g/mol. The number of nitro groups is 1. The van der Waals surface area contributed by atoms with E-state index in [9.17, 15) is 24.8 Å². The molecule has 1 aliphatic carbocycles. The van der Waals surface area contributed by atoms with Crippen LogP contribution in [-0.4, -0.2) is 28.6 Å². The fourth-order valence-electron chi connectivity index (χ4n) is 3.56. The Hall–Kier alpha value is -3.94. The van der Waals surface area contributed by atoms with Crippen LogP contribution in [0.1, 0.15) is 27.4 Å². The summed E-state index contributed by atoms with van der Waals surface area (Å²) in [5, 5.41) is 25.3. The Labute approximate surface area is 158 Å². The first kappa shape index (κ1) is 17.5. The van der Waals surface area contributed by atoms with Gasteiger partial charge in [0.15, 0.2) is 0 Å². The first-order chi connectivity index (χ1) is 13.5. The number of nitrogens with zero attached hydrogens (tertiary/aromatic N) is 1. The average Bonchev–Trinajstić information content (AvgIpc) is 2.71. The number of ether oxygens (including phenoxy) is 1. The summed E-state index contributed by atoms with van der Waals surface area (Å²) in [6.45, 7) is 0. The summed E-state index contributed by atoms with van der Waals surface area (Å²) in [5.74, 6) is -3.38. The van der Waals surface area contributed by atoms with Crippen molar-refractivity contribution in [3.63, 3.8) is 0 Å². The van der Waals surface area contributed by atoms with Crippen LogP contribution in [-0.2, 0) is 4.79 Å². The molecule has 8 heteroatoms. The molecule has 2 N–H and O–H groups in total. The van der Waals surface area contributed by atoms with Crippen LogP contribution in [0.5, 0.6) is 5.75 Å². The molecule has 1 aliphatic heterocycles. The van der Waals surface area contributed by atoms with Crippen molar-refractivity contribution in [2.45, 2.75) is 5.92 Å². The van der Waals surface area contributed by atoms with E-state index < -0.39 is 33.9 Å². The van der Waals surface area contributed by atoms with Crippen LogP contribution >= 0.6 is 0 Å². The predicted molar refractivity (Wildman–Crippen MR) is 98.2 cm³/mol. The van der Waals surface area contributed by atoms with Crippen LogP contribution < -0.4 is 10.1 Å². The number of carbonyl (C=O) groups is 2. The predicted octanol–water partition coefficient (Wildman–Crippen LogP) is 2.56. The van der Waals surface area contributed by atoms with Crippen molar-refractivity contribution < 1.29 is 24.4 Å². The van der Waals surface area contributed by atoms with Gasteiger partial charge in [-0.05, 0) is 6.07 Å². The second-order valence-electron chi connectivity index (χ2n) is 6.26. The van der Waals surface area contributed by atoms with Crippen molar-refractivity contribution in [3.05, 3.63) is 92.5 Å². The minimum Gasteiger partial charge on any atom is -0.507 e. The van der Waals surface area contributed by atoms with E-state index >= 15 is 0 Å². The quantitative estimate of drug-likeness (QED) is 0.479. The SMILES string of the molecule is CNC1=C([N+](=O)[O-])C(C2=C(O)c3ccccc3C(=O)C2=O)c2ccccc2O1. The summed E-state index contributed by atoms with van der Waals surface area (Å²) in [7, 11) is 1.45. The Balaban J connectivity index is 2.06. The molecule has 140 valence electrons. The lowest BCUT2D eigenvalue weighted by atomic mass is 9.77. The fourth-order valence-corrected chi connectivity index (χ4v) is 3.56. The molecule has 0 saturated heterocycles. The molecule has 2 aromatic carbocycles.